The van der Waals surface area contributed by atoms with Crippen molar-refractivity contribution in [3.8, 4) is 17.1 Å². The number of amides is 1. The average molecular weight is 428 g/mol. The topological polar surface area (TPSA) is 77.2 Å². The van der Waals surface area contributed by atoms with Crippen LogP contribution in [0.3, 0.4) is 0 Å². The first-order chi connectivity index (χ1) is 14.4. The van der Waals surface area contributed by atoms with E-state index in [1.807, 2.05) is 62.4 Å². The number of benzene rings is 2. The van der Waals surface area contributed by atoms with Gasteiger partial charge in [-0.05, 0) is 62.6 Å². The van der Waals surface area contributed by atoms with Gasteiger partial charge in [-0.25, -0.2) is 0 Å². The highest BCUT2D eigenvalue weighted by Crippen LogP contribution is 2.22. The number of ether oxygens (including phenoxy) is 1. The van der Waals surface area contributed by atoms with Gasteiger partial charge in [0.25, 0.3) is 0 Å². The fraction of sp³-hybridized carbons (Fsp3) is 0.348. The number of halogens is 1. The van der Waals surface area contributed by atoms with E-state index in [1.54, 1.807) is 7.11 Å². The molecule has 1 heterocycles. The van der Waals surface area contributed by atoms with E-state index in [-0.39, 0.29) is 5.91 Å². The minimum atomic E-state index is -0.395. The molecule has 0 aliphatic heterocycles. The summed E-state index contributed by atoms with van der Waals surface area (Å²) in [6.45, 7) is 3.99. The van der Waals surface area contributed by atoms with Crippen LogP contribution in [0.2, 0.25) is 5.02 Å². The van der Waals surface area contributed by atoms with Gasteiger partial charge in [0.05, 0.1) is 7.11 Å². The molecule has 0 aliphatic rings. The molecular weight excluding hydrogens is 402 g/mol. The highest BCUT2D eigenvalue weighted by Gasteiger charge is 2.22. The number of methoxy groups -OCH3 is 1. The third-order valence-electron chi connectivity index (χ3n) is 4.68. The lowest BCUT2D eigenvalue weighted by atomic mass is 9.94. The number of aryl methyl sites for hydroxylation is 1. The fourth-order valence-electron chi connectivity index (χ4n) is 3.22. The molecule has 0 atom stereocenters. The largest absolute Gasteiger partial charge is 0.497 e. The van der Waals surface area contributed by atoms with Crippen molar-refractivity contribution in [1.29, 1.82) is 0 Å². The van der Waals surface area contributed by atoms with Gasteiger partial charge in [-0.3, -0.25) is 4.79 Å². The smallest absolute Gasteiger partial charge is 0.226 e. The quantitative estimate of drug-likeness (QED) is 0.527. The lowest BCUT2D eigenvalue weighted by Gasteiger charge is -2.27. The van der Waals surface area contributed by atoms with E-state index < -0.39 is 5.54 Å². The van der Waals surface area contributed by atoms with Gasteiger partial charge in [0.2, 0.25) is 17.6 Å². The second-order valence-corrected chi connectivity index (χ2v) is 8.20. The maximum atomic E-state index is 12.4. The Balaban J connectivity index is 1.47. The Morgan fingerprint density at radius 2 is 1.90 bits per heavy atom. The zero-order valence-electron chi connectivity index (χ0n) is 17.4. The Bertz CT molecular complexity index is 983. The summed E-state index contributed by atoms with van der Waals surface area (Å²) < 4.78 is 10.5. The lowest BCUT2D eigenvalue weighted by Crippen LogP contribution is -2.45. The van der Waals surface area contributed by atoms with Gasteiger partial charge in [-0.2, -0.15) is 4.98 Å². The summed E-state index contributed by atoms with van der Waals surface area (Å²) in [5, 5.41) is 7.81. The molecule has 0 radical (unpaired) electrons. The van der Waals surface area contributed by atoms with Gasteiger partial charge >= 0.3 is 0 Å². The number of nitrogens with zero attached hydrogens (tertiary/aromatic N) is 2. The normalized spacial score (nSPS) is 11.3. The maximum Gasteiger partial charge on any atom is 0.226 e. The summed E-state index contributed by atoms with van der Waals surface area (Å²) >= 11 is 6.24. The molecule has 7 heteroatoms. The molecular formula is C23H26ClN3O3. The molecule has 0 saturated heterocycles. The van der Waals surface area contributed by atoms with E-state index in [9.17, 15) is 4.79 Å². The van der Waals surface area contributed by atoms with Crippen molar-refractivity contribution in [2.24, 2.45) is 0 Å². The molecule has 158 valence electrons. The van der Waals surface area contributed by atoms with E-state index in [1.165, 1.54) is 0 Å². The minimum Gasteiger partial charge on any atom is -0.497 e. The molecule has 30 heavy (non-hydrogen) atoms. The third-order valence-corrected chi connectivity index (χ3v) is 5.05. The zero-order valence-corrected chi connectivity index (χ0v) is 18.2. The van der Waals surface area contributed by atoms with Crippen molar-refractivity contribution < 1.29 is 14.1 Å². The number of rotatable bonds is 9. The van der Waals surface area contributed by atoms with Crippen LogP contribution in [0.4, 0.5) is 0 Å². The lowest BCUT2D eigenvalue weighted by molar-refractivity contribution is -0.122. The van der Waals surface area contributed by atoms with Crippen LogP contribution < -0.4 is 10.1 Å². The summed E-state index contributed by atoms with van der Waals surface area (Å²) in [7, 11) is 1.62. The first kappa shape index (κ1) is 21.8. The molecule has 2 aromatic carbocycles. The summed E-state index contributed by atoms with van der Waals surface area (Å²) in [6, 6.07) is 15.1. The molecule has 1 amide bonds. The Morgan fingerprint density at radius 1 is 1.17 bits per heavy atom. The van der Waals surface area contributed by atoms with Gasteiger partial charge in [0.15, 0.2) is 0 Å². The Hall–Kier alpha value is -2.86. The second-order valence-electron chi connectivity index (χ2n) is 7.79. The minimum absolute atomic E-state index is 0.0121. The molecule has 0 bridgehead atoms. The molecule has 0 fully saturated rings. The fourth-order valence-corrected chi connectivity index (χ4v) is 3.42. The number of aromatic nitrogens is 2. The van der Waals surface area contributed by atoms with Crippen molar-refractivity contribution in [2.45, 2.75) is 45.1 Å². The second kappa shape index (κ2) is 9.76. The molecule has 1 aromatic heterocycles. The maximum absolute atomic E-state index is 12.4. The molecule has 3 rings (SSSR count). The first-order valence-electron chi connectivity index (χ1n) is 9.88. The number of nitrogens with one attached hydrogen (secondary N) is 1. The molecule has 0 aliphatic carbocycles. The summed E-state index contributed by atoms with van der Waals surface area (Å²) in [6.07, 6.45) is 2.21. The van der Waals surface area contributed by atoms with Crippen molar-refractivity contribution in [3.05, 3.63) is 65.0 Å². The number of hydrogen-bond donors (Lipinski definition) is 1. The van der Waals surface area contributed by atoms with Crippen molar-refractivity contribution in [1.82, 2.24) is 15.5 Å². The van der Waals surface area contributed by atoms with E-state index in [0.717, 1.165) is 16.9 Å². The van der Waals surface area contributed by atoms with Crippen LogP contribution in [-0.4, -0.2) is 28.7 Å². The van der Waals surface area contributed by atoms with Crippen molar-refractivity contribution >= 4 is 17.5 Å². The highest BCUT2D eigenvalue weighted by atomic mass is 35.5. The van der Waals surface area contributed by atoms with E-state index in [0.29, 0.717) is 42.4 Å². The van der Waals surface area contributed by atoms with Crippen LogP contribution >= 0.6 is 11.6 Å². The summed E-state index contributed by atoms with van der Waals surface area (Å²) in [5.74, 6) is 1.80. The third kappa shape index (κ3) is 6.07. The van der Waals surface area contributed by atoms with Crippen LogP contribution in [0.1, 0.15) is 38.1 Å². The van der Waals surface area contributed by atoms with Crippen LogP contribution in [0, 0.1) is 0 Å². The molecule has 0 saturated carbocycles. The van der Waals surface area contributed by atoms with E-state index in [4.69, 9.17) is 20.9 Å². The summed E-state index contributed by atoms with van der Waals surface area (Å²) in [5.41, 5.74) is 1.47. The predicted molar refractivity (Wildman–Crippen MR) is 117 cm³/mol. The SMILES string of the molecule is COc1ccc(-c2noc(CCCC(=O)NC(C)(C)Cc3ccccc3Cl)n2)cc1. The van der Waals surface area contributed by atoms with Crippen LogP contribution in [0.15, 0.2) is 53.1 Å². The standard InChI is InChI=1S/C23H26ClN3O3/c1-23(2,15-17-7-4-5-8-19(17)24)26-20(28)9-6-10-21-25-22(27-30-21)16-11-13-18(29-3)14-12-16/h4-5,7-8,11-14H,6,9-10,15H2,1-3H3,(H,26,28). The Morgan fingerprint density at radius 3 is 2.60 bits per heavy atom. The Labute approximate surface area is 181 Å². The van der Waals surface area contributed by atoms with Gasteiger partial charge in [-0.15, -0.1) is 0 Å². The average Bonchev–Trinajstić information content (AvgIpc) is 3.18. The van der Waals surface area contributed by atoms with Crippen molar-refractivity contribution in [3.63, 3.8) is 0 Å². The number of carbonyl (C=O) groups is 1. The van der Waals surface area contributed by atoms with Gasteiger partial charge in [0, 0.05) is 29.0 Å². The zero-order chi connectivity index (χ0) is 21.6. The van der Waals surface area contributed by atoms with Crippen molar-refractivity contribution in [2.75, 3.05) is 7.11 Å². The predicted octanol–water partition coefficient (Wildman–Crippen LogP) is 4.86. The number of carbonyl (C=O) groups excluding carboxylic acids is 1. The van der Waals surface area contributed by atoms with Crippen LogP contribution in [0.25, 0.3) is 11.4 Å². The van der Waals surface area contributed by atoms with E-state index >= 15 is 0 Å². The highest BCUT2D eigenvalue weighted by molar-refractivity contribution is 6.31. The number of hydrogen-bond acceptors (Lipinski definition) is 5. The van der Waals surface area contributed by atoms with Crippen LogP contribution in [0.5, 0.6) is 5.75 Å². The van der Waals surface area contributed by atoms with Crippen LogP contribution in [-0.2, 0) is 17.6 Å². The molecule has 0 spiro atoms. The van der Waals surface area contributed by atoms with Gasteiger partial charge < -0.3 is 14.6 Å². The summed E-state index contributed by atoms with van der Waals surface area (Å²) in [4.78, 5) is 16.8. The monoisotopic (exact) mass is 427 g/mol. The van der Waals surface area contributed by atoms with E-state index in [2.05, 4.69) is 15.5 Å². The van der Waals surface area contributed by atoms with Gasteiger partial charge in [0.1, 0.15) is 5.75 Å². The molecule has 3 aromatic rings. The molecule has 1 N–H and O–H groups in total. The molecule has 6 nitrogen and oxygen atoms in total. The first-order valence-corrected chi connectivity index (χ1v) is 10.3. The Kier molecular flexibility index (Phi) is 7.11. The van der Waals surface area contributed by atoms with Gasteiger partial charge in [-0.1, -0.05) is 35.0 Å². The molecule has 0 unspecified atom stereocenters.